The van der Waals surface area contributed by atoms with Crippen molar-refractivity contribution in [2.75, 3.05) is 14.2 Å². The number of fused-ring (bicyclic) bond motifs is 2. The minimum absolute atomic E-state index is 0.0419. The molecular formula is C19H20O3. The SMILES string of the molecule is COCc1ccc(COC)c2cc3c(CO)cccc3cc12. The van der Waals surface area contributed by atoms with E-state index in [1.165, 1.54) is 5.39 Å². The molecule has 0 aliphatic carbocycles. The molecule has 0 aliphatic rings. The summed E-state index contributed by atoms with van der Waals surface area (Å²) in [4.78, 5) is 0. The molecular weight excluding hydrogens is 276 g/mol. The van der Waals surface area contributed by atoms with Gasteiger partial charge in [0.15, 0.2) is 0 Å². The van der Waals surface area contributed by atoms with E-state index in [1.54, 1.807) is 14.2 Å². The fraction of sp³-hybridized carbons (Fsp3) is 0.263. The third-order valence-corrected chi connectivity index (χ3v) is 4.06. The van der Waals surface area contributed by atoms with Crippen molar-refractivity contribution >= 4 is 21.5 Å². The highest BCUT2D eigenvalue weighted by Gasteiger charge is 2.09. The van der Waals surface area contributed by atoms with E-state index >= 15 is 0 Å². The fourth-order valence-electron chi connectivity index (χ4n) is 3.00. The number of aliphatic hydroxyl groups is 1. The second-order valence-electron chi connectivity index (χ2n) is 5.44. The van der Waals surface area contributed by atoms with Crippen molar-refractivity contribution in [3.05, 3.63) is 59.2 Å². The number of ether oxygens (including phenoxy) is 2. The molecule has 0 unspecified atom stereocenters. The molecule has 1 N–H and O–H groups in total. The first-order valence-electron chi connectivity index (χ1n) is 7.33. The minimum Gasteiger partial charge on any atom is -0.392 e. The lowest BCUT2D eigenvalue weighted by molar-refractivity contribution is 0.184. The number of aliphatic hydroxyl groups excluding tert-OH is 1. The third kappa shape index (κ3) is 2.59. The van der Waals surface area contributed by atoms with Crippen LogP contribution in [-0.2, 0) is 29.3 Å². The predicted molar refractivity (Wildman–Crippen MR) is 88.8 cm³/mol. The van der Waals surface area contributed by atoms with Gasteiger partial charge in [-0.25, -0.2) is 0 Å². The van der Waals surface area contributed by atoms with E-state index < -0.39 is 0 Å². The van der Waals surface area contributed by atoms with Crippen molar-refractivity contribution < 1.29 is 14.6 Å². The van der Waals surface area contributed by atoms with Gasteiger partial charge in [-0.1, -0.05) is 30.3 Å². The summed E-state index contributed by atoms with van der Waals surface area (Å²) >= 11 is 0. The molecule has 22 heavy (non-hydrogen) atoms. The Kier molecular flexibility index (Phi) is 4.39. The van der Waals surface area contributed by atoms with E-state index in [1.807, 2.05) is 12.1 Å². The molecule has 0 bridgehead atoms. The van der Waals surface area contributed by atoms with E-state index in [4.69, 9.17) is 9.47 Å². The van der Waals surface area contributed by atoms with Crippen LogP contribution in [-0.4, -0.2) is 19.3 Å². The van der Waals surface area contributed by atoms with Crippen LogP contribution < -0.4 is 0 Å². The Balaban J connectivity index is 2.36. The Hall–Kier alpha value is -1.94. The van der Waals surface area contributed by atoms with E-state index in [0.29, 0.717) is 13.2 Å². The Morgan fingerprint density at radius 3 is 2.00 bits per heavy atom. The maximum Gasteiger partial charge on any atom is 0.0719 e. The molecule has 3 aromatic rings. The van der Waals surface area contributed by atoms with Gasteiger partial charge in [-0.15, -0.1) is 0 Å². The maximum atomic E-state index is 9.57. The Morgan fingerprint density at radius 2 is 1.41 bits per heavy atom. The molecule has 0 heterocycles. The van der Waals surface area contributed by atoms with E-state index in [0.717, 1.165) is 32.8 Å². The van der Waals surface area contributed by atoms with Gasteiger partial charge in [0.2, 0.25) is 0 Å². The summed E-state index contributed by atoms with van der Waals surface area (Å²) in [6, 6.07) is 14.5. The van der Waals surface area contributed by atoms with Crippen LogP contribution in [0, 0.1) is 0 Å². The highest BCUT2D eigenvalue weighted by Crippen LogP contribution is 2.31. The quantitative estimate of drug-likeness (QED) is 0.728. The highest BCUT2D eigenvalue weighted by atomic mass is 16.5. The number of rotatable bonds is 5. The summed E-state index contributed by atoms with van der Waals surface area (Å²) < 4.78 is 10.6. The lowest BCUT2D eigenvalue weighted by Gasteiger charge is -2.13. The van der Waals surface area contributed by atoms with Crippen molar-refractivity contribution in [3.8, 4) is 0 Å². The molecule has 3 nitrogen and oxygen atoms in total. The molecule has 3 heteroatoms. The summed E-state index contributed by atoms with van der Waals surface area (Å²) in [6.07, 6.45) is 0. The normalized spacial score (nSPS) is 11.4. The molecule has 0 amide bonds. The smallest absolute Gasteiger partial charge is 0.0719 e. The van der Waals surface area contributed by atoms with Crippen molar-refractivity contribution in [2.45, 2.75) is 19.8 Å². The van der Waals surface area contributed by atoms with Crippen molar-refractivity contribution in [2.24, 2.45) is 0 Å². The van der Waals surface area contributed by atoms with Gasteiger partial charge in [0.1, 0.15) is 0 Å². The summed E-state index contributed by atoms with van der Waals surface area (Å²) in [5.74, 6) is 0. The summed E-state index contributed by atoms with van der Waals surface area (Å²) in [5, 5.41) is 14.1. The van der Waals surface area contributed by atoms with Gasteiger partial charge < -0.3 is 14.6 Å². The van der Waals surface area contributed by atoms with Crippen molar-refractivity contribution in [1.82, 2.24) is 0 Å². The van der Waals surface area contributed by atoms with Gasteiger partial charge in [0.25, 0.3) is 0 Å². The van der Waals surface area contributed by atoms with Gasteiger partial charge >= 0.3 is 0 Å². The summed E-state index contributed by atoms with van der Waals surface area (Å²) in [6.45, 7) is 1.19. The molecule has 0 fully saturated rings. The lowest BCUT2D eigenvalue weighted by Crippen LogP contribution is -1.96. The molecule has 3 rings (SSSR count). The first-order valence-corrected chi connectivity index (χ1v) is 7.33. The van der Waals surface area contributed by atoms with Crippen LogP contribution >= 0.6 is 0 Å². The highest BCUT2D eigenvalue weighted by molar-refractivity contribution is 6.02. The fourth-order valence-corrected chi connectivity index (χ4v) is 3.00. The van der Waals surface area contributed by atoms with Crippen LogP contribution in [0.4, 0.5) is 0 Å². The Labute approximate surface area is 130 Å². The van der Waals surface area contributed by atoms with Crippen LogP contribution in [0.2, 0.25) is 0 Å². The second kappa shape index (κ2) is 6.44. The zero-order valence-corrected chi connectivity index (χ0v) is 12.9. The number of benzene rings is 3. The molecule has 0 saturated carbocycles. The molecule has 0 radical (unpaired) electrons. The summed E-state index contributed by atoms with van der Waals surface area (Å²) in [5.41, 5.74) is 3.25. The molecule has 0 aromatic heterocycles. The number of hydrogen-bond donors (Lipinski definition) is 1. The van der Waals surface area contributed by atoms with Gasteiger partial charge in [0.05, 0.1) is 19.8 Å². The molecule has 0 atom stereocenters. The van der Waals surface area contributed by atoms with Crippen LogP contribution in [0.25, 0.3) is 21.5 Å². The van der Waals surface area contributed by atoms with Crippen LogP contribution in [0.3, 0.4) is 0 Å². The van der Waals surface area contributed by atoms with Crippen LogP contribution in [0.15, 0.2) is 42.5 Å². The van der Waals surface area contributed by atoms with Crippen LogP contribution in [0.1, 0.15) is 16.7 Å². The molecule has 0 saturated heterocycles. The zero-order chi connectivity index (χ0) is 15.5. The number of hydrogen-bond acceptors (Lipinski definition) is 3. The summed E-state index contributed by atoms with van der Waals surface area (Å²) in [7, 11) is 3.41. The van der Waals surface area contributed by atoms with E-state index in [2.05, 4.69) is 30.3 Å². The first-order chi connectivity index (χ1) is 10.8. The lowest BCUT2D eigenvalue weighted by atomic mass is 9.94. The predicted octanol–water partition coefficient (Wildman–Crippen LogP) is 3.78. The Morgan fingerprint density at radius 1 is 0.773 bits per heavy atom. The first kappa shape index (κ1) is 15.0. The van der Waals surface area contributed by atoms with Crippen molar-refractivity contribution in [3.63, 3.8) is 0 Å². The average molecular weight is 296 g/mol. The zero-order valence-electron chi connectivity index (χ0n) is 12.9. The molecule has 114 valence electrons. The van der Waals surface area contributed by atoms with Gasteiger partial charge in [-0.2, -0.15) is 0 Å². The van der Waals surface area contributed by atoms with Gasteiger partial charge in [-0.05, 0) is 50.4 Å². The molecule has 0 spiro atoms. The second-order valence-corrected chi connectivity index (χ2v) is 5.44. The van der Waals surface area contributed by atoms with E-state index in [9.17, 15) is 5.11 Å². The third-order valence-electron chi connectivity index (χ3n) is 4.06. The average Bonchev–Trinajstić information content (AvgIpc) is 2.55. The van der Waals surface area contributed by atoms with Gasteiger partial charge in [0, 0.05) is 14.2 Å². The van der Waals surface area contributed by atoms with Gasteiger partial charge in [-0.3, -0.25) is 0 Å². The number of methoxy groups -OCH3 is 2. The molecule has 0 aliphatic heterocycles. The minimum atomic E-state index is 0.0419. The van der Waals surface area contributed by atoms with E-state index in [-0.39, 0.29) is 6.61 Å². The van der Waals surface area contributed by atoms with Crippen LogP contribution in [0.5, 0.6) is 0 Å². The van der Waals surface area contributed by atoms with Crippen molar-refractivity contribution in [1.29, 1.82) is 0 Å². The maximum absolute atomic E-state index is 9.57. The Bertz CT molecular complexity index is 808. The largest absolute Gasteiger partial charge is 0.392 e. The topological polar surface area (TPSA) is 38.7 Å². The molecule has 3 aromatic carbocycles. The standard InChI is InChI=1S/C19H20O3/c1-21-11-15-6-7-16(12-22-2)19-9-17-13(8-18(15)19)4-3-5-14(17)10-20/h3-9,20H,10-12H2,1-2H3. The monoisotopic (exact) mass is 296 g/mol.